The summed E-state index contributed by atoms with van der Waals surface area (Å²) in [6.45, 7) is 2.44. The van der Waals surface area contributed by atoms with Crippen LogP contribution in [0.3, 0.4) is 0 Å². The van der Waals surface area contributed by atoms with Gasteiger partial charge >= 0.3 is 0 Å². The highest BCUT2D eigenvalue weighted by atomic mass is 16.2. The van der Waals surface area contributed by atoms with E-state index in [1.807, 2.05) is 0 Å². The van der Waals surface area contributed by atoms with Crippen molar-refractivity contribution in [1.29, 1.82) is 0 Å². The Balaban J connectivity index is 2.16. The van der Waals surface area contributed by atoms with Crippen LogP contribution in [0.1, 0.15) is 32.6 Å². The number of aromatic nitrogens is 4. The van der Waals surface area contributed by atoms with E-state index in [1.165, 1.54) is 0 Å². The average Bonchev–Trinajstić information content (AvgIpc) is 2.85. The molecule has 0 unspecified atom stereocenters. The topological polar surface area (TPSA) is 139 Å². The van der Waals surface area contributed by atoms with E-state index in [2.05, 4.69) is 25.6 Å². The molecule has 0 aliphatic carbocycles. The lowest BCUT2D eigenvalue weighted by atomic mass is 10.2. The number of tetrazole rings is 1. The van der Waals surface area contributed by atoms with Gasteiger partial charge in [-0.05, 0) is 25.0 Å². The molecular formula is C9H18N8O. The molecule has 18 heavy (non-hydrogen) atoms. The minimum atomic E-state index is -0.241. The van der Waals surface area contributed by atoms with Crippen molar-refractivity contribution in [1.82, 2.24) is 20.6 Å². The van der Waals surface area contributed by atoms with Crippen LogP contribution in [0.4, 0.5) is 5.95 Å². The largest absolute Gasteiger partial charge is 0.388 e. The van der Waals surface area contributed by atoms with Gasteiger partial charge in [0, 0.05) is 13.0 Å². The molecule has 9 nitrogen and oxygen atoms in total. The van der Waals surface area contributed by atoms with Crippen LogP contribution >= 0.6 is 0 Å². The number of amides is 1. The molecule has 0 spiro atoms. The highest BCUT2D eigenvalue weighted by Gasteiger charge is 2.14. The second-order valence-electron chi connectivity index (χ2n) is 3.81. The molecule has 0 saturated carbocycles. The fourth-order valence-electron chi connectivity index (χ4n) is 1.31. The number of aromatic amines is 1. The summed E-state index contributed by atoms with van der Waals surface area (Å²) in [6, 6.07) is 0. The molecule has 1 aromatic heterocycles. The van der Waals surface area contributed by atoms with Crippen molar-refractivity contribution in [3.63, 3.8) is 0 Å². The van der Waals surface area contributed by atoms with Crippen LogP contribution in [0.5, 0.6) is 0 Å². The maximum Gasteiger partial charge on any atom is 0.286 e. The third kappa shape index (κ3) is 4.87. The molecule has 1 amide bonds. The summed E-state index contributed by atoms with van der Waals surface area (Å²) in [5.41, 5.74) is 5.40. The van der Waals surface area contributed by atoms with E-state index in [-0.39, 0.29) is 11.9 Å². The summed E-state index contributed by atoms with van der Waals surface area (Å²) in [5.74, 6) is 5.94. The molecule has 0 atom stereocenters. The number of hydrogen-bond acceptors (Lipinski definition) is 6. The maximum absolute atomic E-state index is 11.6. The number of nitrogens with zero attached hydrogens (tertiary/aromatic N) is 5. The Hall–Kier alpha value is -2.03. The smallest absolute Gasteiger partial charge is 0.286 e. The van der Waals surface area contributed by atoms with Crippen LogP contribution < -0.4 is 16.6 Å². The number of unbranched alkanes of at least 4 members (excludes halogenated alkanes) is 2. The van der Waals surface area contributed by atoms with Gasteiger partial charge in [-0.25, -0.2) is 10.9 Å². The van der Waals surface area contributed by atoms with E-state index in [0.29, 0.717) is 18.8 Å². The molecule has 0 radical (unpaired) electrons. The first kappa shape index (κ1) is 14.0. The number of nitrogens with one attached hydrogen (secondary N) is 1. The molecule has 0 aromatic carbocycles. The first-order valence-corrected chi connectivity index (χ1v) is 5.69. The third-order valence-corrected chi connectivity index (χ3v) is 2.23. The first-order valence-electron chi connectivity index (χ1n) is 5.69. The fraction of sp³-hybridized carbons (Fsp3) is 0.667. The zero-order chi connectivity index (χ0) is 13.4. The number of rotatable bonds is 7. The van der Waals surface area contributed by atoms with Crippen molar-refractivity contribution in [3.8, 4) is 0 Å². The number of anilines is 1. The minimum absolute atomic E-state index is 0.0726. The lowest BCUT2D eigenvalue weighted by Crippen LogP contribution is -2.38. The number of aliphatic imine (C=N–C) groups is 1. The quantitative estimate of drug-likeness (QED) is 0.147. The summed E-state index contributed by atoms with van der Waals surface area (Å²) in [4.78, 5) is 15.7. The zero-order valence-corrected chi connectivity index (χ0v) is 10.3. The van der Waals surface area contributed by atoms with Gasteiger partial charge in [0.2, 0.25) is 5.91 Å². The Bertz CT molecular complexity index is 383. The van der Waals surface area contributed by atoms with Crippen molar-refractivity contribution in [2.45, 2.75) is 32.6 Å². The second kappa shape index (κ2) is 7.33. The number of nitrogens with two attached hydrogens (primary N) is 2. The van der Waals surface area contributed by atoms with E-state index < -0.39 is 0 Å². The molecule has 1 rings (SSSR count). The maximum atomic E-state index is 11.6. The van der Waals surface area contributed by atoms with Crippen LogP contribution in [0.15, 0.2) is 4.99 Å². The normalized spacial score (nSPS) is 11.6. The van der Waals surface area contributed by atoms with Gasteiger partial charge in [0.15, 0.2) is 0 Å². The third-order valence-electron chi connectivity index (χ3n) is 2.23. The van der Waals surface area contributed by atoms with E-state index in [0.717, 1.165) is 24.3 Å². The second-order valence-corrected chi connectivity index (χ2v) is 3.81. The van der Waals surface area contributed by atoms with E-state index in [1.54, 1.807) is 6.92 Å². The number of hydrazine groups is 1. The summed E-state index contributed by atoms with van der Waals surface area (Å²) in [6.07, 6.45) is 2.87. The minimum Gasteiger partial charge on any atom is -0.388 e. The molecule has 1 aromatic rings. The Morgan fingerprint density at radius 1 is 1.44 bits per heavy atom. The van der Waals surface area contributed by atoms with Crippen molar-refractivity contribution in [3.05, 3.63) is 0 Å². The van der Waals surface area contributed by atoms with Crippen LogP contribution in [0.2, 0.25) is 0 Å². The molecular weight excluding hydrogens is 236 g/mol. The van der Waals surface area contributed by atoms with Crippen LogP contribution in [0, 0.1) is 0 Å². The monoisotopic (exact) mass is 254 g/mol. The molecule has 1 heterocycles. The van der Waals surface area contributed by atoms with Gasteiger partial charge in [-0.15, -0.1) is 5.10 Å². The molecule has 0 saturated heterocycles. The highest BCUT2D eigenvalue weighted by Crippen LogP contribution is 2.05. The number of carbonyl (C=O) groups is 1. The van der Waals surface area contributed by atoms with E-state index >= 15 is 0 Å². The predicted molar refractivity (Wildman–Crippen MR) is 66.5 cm³/mol. The lowest BCUT2D eigenvalue weighted by Gasteiger charge is -2.10. The fourth-order valence-corrected chi connectivity index (χ4v) is 1.31. The Kier molecular flexibility index (Phi) is 5.71. The van der Waals surface area contributed by atoms with Gasteiger partial charge in [0.05, 0.1) is 5.84 Å². The molecule has 100 valence electrons. The number of carbonyl (C=O) groups excluding carboxylic acids is 1. The predicted octanol–water partition coefficient (Wildman–Crippen LogP) is -0.656. The summed E-state index contributed by atoms with van der Waals surface area (Å²) in [5, 5.41) is 13.7. The van der Waals surface area contributed by atoms with Crippen molar-refractivity contribution in [2.24, 2.45) is 16.6 Å². The van der Waals surface area contributed by atoms with Gasteiger partial charge in [0.1, 0.15) is 0 Å². The Morgan fingerprint density at radius 2 is 2.22 bits per heavy atom. The number of hydrogen-bond donors (Lipinski definition) is 3. The van der Waals surface area contributed by atoms with Gasteiger partial charge < -0.3 is 5.73 Å². The van der Waals surface area contributed by atoms with Crippen LogP contribution in [-0.2, 0) is 4.79 Å². The molecule has 0 aliphatic rings. The van der Waals surface area contributed by atoms with E-state index in [9.17, 15) is 4.79 Å². The number of H-pyrrole nitrogens is 1. The van der Waals surface area contributed by atoms with Gasteiger partial charge in [-0.1, -0.05) is 11.5 Å². The highest BCUT2D eigenvalue weighted by molar-refractivity contribution is 5.90. The lowest BCUT2D eigenvalue weighted by molar-refractivity contribution is -0.118. The molecule has 9 heteroatoms. The summed E-state index contributed by atoms with van der Waals surface area (Å²) in [7, 11) is 0. The van der Waals surface area contributed by atoms with Gasteiger partial charge in [-0.2, -0.15) is 5.21 Å². The Labute approximate surface area is 105 Å². The SMILES string of the molecule is CC(N)=NCCCCCC(=O)N(N)c1nn[nH]n1. The molecule has 0 bridgehead atoms. The van der Waals surface area contributed by atoms with Crippen molar-refractivity contribution < 1.29 is 4.79 Å². The Morgan fingerprint density at radius 3 is 2.83 bits per heavy atom. The number of amidine groups is 1. The standard InChI is InChI=1S/C9H18N8O/c1-7(10)12-6-4-2-3-5-8(18)17(11)9-13-15-16-14-9/h2-6,11H2,1H3,(H2,10,12)(H,13,14,15,16). The molecule has 0 aliphatic heterocycles. The van der Waals surface area contributed by atoms with Crippen LogP contribution in [-0.4, -0.2) is 38.9 Å². The first-order chi connectivity index (χ1) is 8.61. The van der Waals surface area contributed by atoms with Gasteiger partial charge in [-0.3, -0.25) is 9.79 Å². The van der Waals surface area contributed by atoms with Crippen molar-refractivity contribution in [2.75, 3.05) is 11.6 Å². The van der Waals surface area contributed by atoms with Crippen LogP contribution in [0.25, 0.3) is 0 Å². The molecule has 0 fully saturated rings. The summed E-state index contributed by atoms with van der Waals surface area (Å²) < 4.78 is 0. The zero-order valence-electron chi connectivity index (χ0n) is 10.3. The average molecular weight is 254 g/mol. The molecule has 5 N–H and O–H groups in total. The summed E-state index contributed by atoms with van der Waals surface area (Å²) >= 11 is 0. The van der Waals surface area contributed by atoms with E-state index in [4.69, 9.17) is 11.6 Å². The van der Waals surface area contributed by atoms with Crippen molar-refractivity contribution >= 4 is 17.7 Å². The van der Waals surface area contributed by atoms with Gasteiger partial charge in [0.25, 0.3) is 5.95 Å².